The molecule has 0 aromatic rings. The molecule has 0 spiro atoms. The van der Waals surface area contributed by atoms with E-state index in [4.69, 9.17) is 9.47 Å². The van der Waals surface area contributed by atoms with E-state index < -0.39 is 0 Å². The van der Waals surface area contributed by atoms with Crippen molar-refractivity contribution >= 4 is 0 Å². The molecule has 1 saturated carbocycles. The summed E-state index contributed by atoms with van der Waals surface area (Å²) in [6.45, 7) is 0. The predicted molar refractivity (Wildman–Crippen MR) is 37.6 cm³/mol. The normalized spacial score (nSPS) is 45.9. The van der Waals surface area contributed by atoms with Crippen LogP contribution in [0.5, 0.6) is 0 Å². The highest BCUT2D eigenvalue weighted by Crippen LogP contribution is 2.38. The molecule has 0 aromatic heterocycles. The fraction of sp³-hybridized carbons (Fsp3) is 1.00. The summed E-state index contributed by atoms with van der Waals surface area (Å²) in [5, 5.41) is 0. The first-order valence-corrected chi connectivity index (χ1v) is 4.08. The van der Waals surface area contributed by atoms with Crippen LogP contribution in [0.1, 0.15) is 25.7 Å². The van der Waals surface area contributed by atoms with Crippen molar-refractivity contribution in [3.05, 3.63) is 0 Å². The number of hydrogen-bond acceptors (Lipinski definition) is 2. The molecular formula is C8H14O2. The van der Waals surface area contributed by atoms with Crippen molar-refractivity contribution in [3.63, 3.8) is 0 Å². The van der Waals surface area contributed by atoms with Gasteiger partial charge in [-0.2, -0.15) is 0 Å². The van der Waals surface area contributed by atoms with E-state index in [9.17, 15) is 0 Å². The standard InChI is InChI=1S/C8H14O2/c1-9-8-5-6-3-2-4-7(6)10-8/h6-8H,2-5H2,1H3. The van der Waals surface area contributed by atoms with Crippen molar-refractivity contribution in [2.75, 3.05) is 7.11 Å². The molecule has 1 saturated heterocycles. The molecule has 3 unspecified atom stereocenters. The van der Waals surface area contributed by atoms with Gasteiger partial charge < -0.3 is 9.47 Å². The van der Waals surface area contributed by atoms with Crippen LogP contribution in [0.15, 0.2) is 0 Å². The Morgan fingerprint density at radius 2 is 2.30 bits per heavy atom. The highest BCUT2D eigenvalue weighted by atomic mass is 16.7. The molecular weight excluding hydrogens is 128 g/mol. The summed E-state index contributed by atoms with van der Waals surface area (Å²) < 4.78 is 10.7. The van der Waals surface area contributed by atoms with E-state index in [-0.39, 0.29) is 6.29 Å². The van der Waals surface area contributed by atoms with E-state index in [1.165, 1.54) is 19.3 Å². The van der Waals surface area contributed by atoms with Crippen LogP contribution in [0.2, 0.25) is 0 Å². The van der Waals surface area contributed by atoms with Gasteiger partial charge in [-0.3, -0.25) is 0 Å². The second-order valence-corrected chi connectivity index (χ2v) is 3.27. The van der Waals surface area contributed by atoms with Gasteiger partial charge in [0, 0.05) is 13.5 Å². The summed E-state index contributed by atoms with van der Waals surface area (Å²) in [5.74, 6) is 0.810. The molecule has 0 radical (unpaired) electrons. The molecule has 1 heterocycles. The summed E-state index contributed by atoms with van der Waals surface area (Å²) >= 11 is 0. The lowest BCUT2D eigenvalue weighted by Gasteiger charge is -2.08. The molecule has 0 amide bonds. The summed E-state index contributed by atoms with van der Waals surface area (Å²) in [5.41, 5.74) is 0. The minimum absolute atomic E-state index is 0.107. The minimum Gasteiger partial charge on any atom is -0.356 e. The van der Waals surface area contributed by atoms with Crippen molar-refractivity contribution in [1.29, 1.82) is 0 Å². The molecule has 2 rings (SSSR count). The third-order valence-electron chi connectivity index (χ3n) is 2.67. The maximum atomic E-state index is 5.61. The van der Waals surface area contributed by atoms with Gasteiger partial charge in [0.2, 0.25) is 0 Å². The van der Waals surface area contributed by atoms with Crippen LogP contribution in [0.25, 0.3) is 0 Å². The fourth-order valence-electron chi connectivity index (χ4n) is 2.10. The van der Waals surface area contributed by atoms with Crippen molar-refractivity contribution < 1.29 is 9.47 Å². The average Bonchev–Trinajstić information content (AvgIpc) is 2.42. The van der Waals surface area contributed by atoms with E-state index >= 15 is 0 Å². The topological polar surface area (TPSA) is 18.5 Å². The van der Waals surface area contributed by atoms with E-state index in [2.05, 4.69) is 0 Å². The van der Waals surface area contributed by atoms with E-state index in [0.29, 0.717) is 6.10 Å². The Bertz CT molecular complexity index is 112. The Labute approximate surface area is 61.5 Å². The molecule has 0 N–H and O–H groups in total. The molecule has 2 heteroatoms. The molecule has 3 atom stereocenters. The van der Waals surface area contributed by atoms with Crippen molar-refractivity contribution in [3.8, 4) is 0 Å². The quantitative estimate of drug-likeness (QED) is 0.553. The Kier molecular flexibility index (Phi) is 1.66. The maximum absolute atomic E-state index is 5.61. The maximum Gasteiger partial charge on any atom is 0.157 e. The molecule has 0 aromatic carbocycles. The molecule has 2 fully saturated rings. The molecule has 58 valence electrons. The lowest BCUT2D eigenvalue weighted by atomic mass is 10.1. The van der Waals surface area contributed by atoms with Gasteiger partial charge in [-0.15, -0.1) is 0 Å². The number of rotatable bonds is 1. The summed E-state index contributed by atoms with van der Waals surface area (Å²) in [7, 11) is 1.73. The first-order chi connectivity index (χ1) is 4.90. The summed E-state index contributed by atoms with van der Waals surface area (Å²) in [4.78, 5) is 0. The van der Waals surface area contributed by atoms with Gasteiger partial charge >= 0.3 is 0 Å². The first-order valence-electron chi connectivity index (χ1n) is 4.08. The monoisotopic (exact) mass is 142 g/mol. The van der Waals surface area contributed by atoms with Gasteiger partial charge in [0.25, 0.3) is 0 Å². The lowest BCUT2D eigenvalue weighted by Crippen LogP contribution is -2.11. The highest BCUT2D eigenvalue weighted by molar-refractivity contribution is 4.84. The van der Waals surface area contributed by atoms with Crippen LogP contribution in [0.3, 0.4) is 0 Å². The second-order valence-electron chi connectivity index (χ2n) is 3.27. The first kappa shape index (κ1) is 6.62. The smallest absolute Gasteiger partial charge is 0.157 e. The summed E-state index contributed by atoms with van der Waals surface area (Å²) in [6.07, 6.45) is 5.72. The molecule has 1 aliphatic carbocycles. The highest BCUT2D eigenvalue weighted by Gasteiger charge is 2.38. The van der Waals surface area contributed by atoms with Gasteiger partial charge in [0.05, 0.1) is 6.10 Å². The van der Waals surface area contributed by atoms with E-state index in [1.54, 1.807) is 7.11 Å². The second kappa shape index (κ2) is 2.51. The molecule has 2 nitrogen and oxygen atoms in total. The summed E-state index contributed by atoms with van der Waals surface area (Å²) in [6, 6.07) is 0. The molecule has 1 aliphatic heterocycles. The number of fused-ring (bicyclic) bond motifs is 1. The van der Waals surface area contributed by atoms with Crippen LogP contribution in [0, 0.1) is 5.92 Å². The Morgan fingerprint density at radius 1 is 1.40 bits per heavy atom. The number of methoxy groups -OCH3 is 1. The van der Waals surface area contributed by atoms with Crippen LogP contribution in [-0.2, 0) is 9.47 Å². The van der Waals surface area contributed by atoms with Gasteiger partial charge in [0.1, 0.15) is 0 Å². The zero-order chi connectivity index (χ0) is 6.97. The van der Waals surface area contributed by atoms with Crippen molar-refractivity contribution in [2.45, 2.75) is 38.1 Å². The minimum atomic E-state index is 0.107. The zero-order valence-corrected chi connectivity index (χ0v) is 6.38. The van der Waals surface area contributed by atoms with Gasteiger partial charge in [-0.1, -0.05) is 6.42 Å². The Balaban J connectivity index is 1.94. The van der Waals surface area contributed by atoms with Crippen molar-refractivity contribution in [1.82, 2.24) is 0 Å². The molecule has 10 heavy (non-hydrogen) atoms. The van der Waals surface area contributed by atoms with Crippen molar-refractivity contribution in [2.24, 2.45) is 5.92 Å². The lowest BCUT2D eigenvalue weighted by molar-refractivity contribution is -0.114. The van der Waals surface area contributed by atoms with Crippen LogP contribution < -0.4 is 0 Å². The predicted octanol–water partition coefficient (Wildman–Crippen LogP) is 1.55. The number of ether oxygens (including phenoxy) is 2. The fourth-order valence-corrected chi connectivity index (χ4v) is 2.10. The van der Waals surface area contributed by atoms with Gasteiger partial charge in [0.15, 0.2) is 6.29 Å². The molecule has 2 aliphatic rings. The van der Waals surface area contributed by atoms with Crippen LogP contribution >= 0.6 is 0 Å². The number of hydrogen-bond donors (Lipinski definition) is 0. The largest absolute Gasteiger partial charge is 0.356 e. The van der Waals surface area contributed by atoms with Crippen LogP contribution in [-0.4, -0.2) is 19.5 Å². The third-order valence-corrected chi connectivity index (χ3v) is 2.67. The Morgan fingerprint density at radius 3 is 3.00 bits per heavy atom. The van der Waals surface area contributed by atoms with E-state index in [0.717, 1.165) is 12.3 Å². The SMILES string of the molecule is COC1CC2CCCC2O1. The van der Waals surface area contributed by atoms with Gasteiger partial charge in [-0.05, 0) is 18.8 Å². The van der Waals surface area contributed by atoms with Gasteiger partial charge in [-0.25, -0.2) is 0 Å². The zero-order valence-electron chi connectivity index (χ0n) is 6.38. The third kappa shape index (κ3) is 0.956. The Hall–Kier alpha value is -0.0800. The average molecular weight is 142 g/mol. The van der Waals surface area contributed by atoms with E-state index in [1.807, 2.05) is 0 Å². The molecule has 0 bridgehead atoms. The van der Waals surface area contributed by atoms with Crippen LogP contribution in [0.4, 0.5) is 0 Å².